The van der Waals surface area contributed by atoms with Crippen molar-refractivity contribution in [2.45, 2.75) is 0 Å². The standard InChI is InChI=1S/C14H17N5O4S/c1-18-12(23-9-11(20)19-3-5-22-6-4-19)8-10(17-18)13(21)16-14-15-2-7-24-14/h2,7-8H,3-6,9H2,1H3,(H,15,16,21). The second-order valence-corrected chi connectivity index (χ2v) is 5.96. The topological polar surface area (TPSA) is 98.6 Å². The molecule has 1 N–H and O–H groups in total. The van der Waals surface area contributed by atoms with E-state index in [0.717, 1.165) is 0 Å². The molecule has 0 radical (unpaired) electrons. The first-order chi connectivity index (χ1) is 11.6. The average molecular weight is 351 g/mol. The average Bonchev–Trinajstić information content (AvgIpc) is 3.23. The number of anilines is 1. The summed E-state index contributed by atoms with van der Waals surface area (Å²) in [5.74, 6) is -0.149. The molecule has 0 bridgehead atoms. The molecule has 0 unspecified atom stereocenters. The third-order valence-electron chi connectivity index (χ3n) is 3.43. The van der Waals surface area contributed by atoms with Gasteiger partial charge in [-0.1, -0.05) is 0 Å². The van der Waals surface area contributed by atoms with E-state index in [1.54, 1.807) is 23.5 Å². The molecule has 2 amide bonds. The van der Waals surface area contributed by atoms with Gasteiger partial charge < -0.3 is 14.4 Å². The third kappa shape index (κ3) is 3.89. The molecule has 10 heteroatoms. The van der Waals surface area contributed by atoms with Crippen molar-refractivity contribution in [3.05, 3.63) is 23.3 Å². The van der Waals surface area contributed by atoms with Gasteiger partial charge in [-0.05, 0) is 0 Å². The quantitative estimate of drug-likeness (QED) is 0.835. The number of hydrogen-bond acceptors (Lipinski definition) is 7. The van der Waals surface area contributed by atoms with Gasteiger partial charge in [0.2, 0.25) is 5.88 Å². The Kier molecular flexibility index (Phi) is 5.06. The summed E-state index contributed by atoms with van der Waals surface area (Å²) < 4.78 is 12.1. The van der Waals surface area contributed by atoms with Crippen LogP contribution < -0.4 is 10.1 Å². The summed E-state index contributed by atoms with van der Waals surface area (Å²) in [4.78, 5) is 29.8. The molecular weight excluding hydrogens is 334 g/mol. The van der Waals surface area contributed by atoms with Crippen molar-refractivity contribution in [3.8, 4) is 5.88 Å². The fourth-order valence-electron chi connectivity index (χ4n) is 2.18. The largest absolute Gasteiger partial charge is 0.468 e. The molecule has 24 heavy (non-hydrogen) atoms. The number of amides is 2. The van der Waals surface area contributed by atoms with Gasteiger partial charge in [0.05, 0.1) is 13.2 Å². The molecule has 0 aliphatic carbocycles. The Hall–Kier alpha value is -2.46. The summed E-state index contributed by atoms with van der Waals surface area (Å²) >= 11 is 1.32. The molecule has 1 saturated heterocycles. The fraction of sp³-hybridized carbons (Fsp3) is 0.429. The first-order valence-electron chi connectivity index (χ1n) is 7.36. The first kappa shape index (κ1) is 16.4. The van der Waals surface area contributed by atoms with E-state index in [1.165, 1.54) is 22.1 Å². The van der Waals surface area contributed by atoms with Crippen LogP contribution in [0, 0.1) is 0 Å². The maximum Gasteiger partial charge on any atom is 0.278 e. The van der Waals surface area contributed by atoms with Crippen LogP contribution in [0.5, 0.6) is 5.88 Å². The predicted octanol–water partition coefficient (Wildman–Crippen LogP) is 0.366. The summed E-state index contributed by atoms with van der Waals surface area (Å²) in [5, 5.41) is 9.00. The van der Waals surface area contributed by atoms with Gasteiger partial charge in [-0.15, -0.1) is 11.3 Å². The molecule has 1 fully saturated rings. The summed E-state index contributed by atoms with van der Waals surface area (Å²) in [6.07, 6.45) is 1.60. The van der Waals surface area contributed by atoms with Crippen LogP contribution >= 0.6 is 11.3 Å². The lowest BCUT2D eigenvalue weighted by atomic mass is 10.4. The van der Waals surface area contributed by atoms with Gasteiger partial charge in [-0.2, -0.15) is 5.10 Å². The Morgan fingerprint density at radius 2 is 2.21 bits per heavy atom. The molecule has 1 aliphatic rings. The lowest BCUT2D eigenvalue weighted by Gasteiger charge is -2.26. The van der Waals surface area contributed by atoms with Crippen molar-refractivity contribution in [1.29, 1.82) is 0 Å². The molecule has 128 valence electrons. The molecule has 0 saturated carbocycles. The van der Waals surface area contributed by atoms with E-state index < -0.39 is 0 Å². The first-order valence-corrected chi connectivity index (χ1v) is 8.24. The minimum atomic E-state index is -0.380. The molecule has 1 aliphatic heterocycles. The van der Waals surface area contributed by atoms with Crippen LogP contribution in [0.2, 0.25) is 0 Å². The third-order valence-corrected chi connectivity index (χ3v) is 4.12. The van der Waals surface area contributed by atoms with Crippen LogP contribution in [0.25, 0.3) is 0 Å². The Bertz CT molecular complexity index is 709. The predicted molar refractivity (Wildman–Crippen MR) is 86.2 cm³/mol. The van der Waals surface area contributed by atoms with Gasteiger partial charge in [0.15, 0.2) is 17.4 Å². The number of aryl methyl sites for hydroxylation is 1. The highest BCUT2D eigenvalue weighted by Gasteiger charge is 2.19. The summed E-state index contributed by atoms with van der Waals surface area (Å²) in [6.45, 7) is 2.11. The summed E-state index contributed by atoms with van der Waals surface area (Å²) in [7, 11) is 1.65. The second kappa shape index (κ2) is 7.41. The van der Waals surface area contributed by atoms with Gasteiger partial charge in [0.25, 0.3) is 11.8 Å². The number of aromatic nitrogens is 3. The molecular formula is C14H17N5O4S. The van der Waals surface area contributed by atoms with E-state index in [1.807, 2.05) is 0 Å². The number of thiazole rings is 1. The van der Waals surface area contributed by atoms with Crippen LogP contribution in [-0.2, 0) is 16.6 Å². The van der Waals surface area contributed by atoms with Crippen molar-refractivity contribution in [2.75, 3.05) is 38.2 Å². The molecule has 2 aromatic heterocycles. The second-order valence-electron chi connectivity index (χ2n) is 5.06. The Labute approximate surface area is 142 Å². The van der Waals surface area contributed by atoms with E-state index in [2.05, 4.69) is 15.4 Å². The van der Waals surface area contributed by atoms with Crippen LogP contribution in [-0.4, -0.2) is 64.4 Å². The molecule has 3 heterocycles. The molecule has 2 aromatic rings. The van der Waals surface area contributed by atoms with Crippen molar-refractivity contribution < 1.29 is 19.1 Å². The number of carbonyl (C=O) groups is 2. The summed E-state index contributed by atoms with van der Waals surface area (Å²) in [5.41, 5.74) is 0.196. The SMILES string of the molecule is Cn1nc(C(=O)Nc2nccs2)cc1OCC(=O)N1CCOCC1. The zero-order chi connectivity index (χ0) is 16.9. The maximum atomic E-state index is 12.1. The Balaban J connectivity index is 1.57. The van der Waals surface area contributed by atoms with E-state index >= 15 is 0 Å². The zero-order valence-corrected chi connectivity index (χ0v) is 13.9. The Morgan fingerprint density at radius 1 is 1.42 bits per heavy atom. The number of nitrogens with one attached hydrogen (secondary N) is 1. The van der Waals surface area contributed by atoms with Crippen LogP contribution in [0.1, 0.15) is 10.5 Å². The lowest BCUT2D eigenvalue weighted by Crippen LogP contribution is -2.43. The number of carbonyl (C=O) groups excluding carboxylic acids is 2. The van der Waals surface area contributed by atoms with Crippen molar-refractivity contribution in [2.24, 2.45) is 7.05 Å². The molecule has 0 spiro atoms. The van der Waals surface area contributed by atoms with Gasteiger partial charge in [0, 0.05) is 37.8 Å². The minimum Gasteiger partial charge on any atom is -0.468 e. The highest BCUT2D eigenvalue weighted by molar-refractivity contribution is 7.13. The lowest BCUT2D eigenvalue weighted by molar-refractivity contribution is -0.137. The molecule has 9 nitrogen and oxygen atoms in total. The van der Waals surface area contributed by atoms with E-state index in [9.17, 15) is 9.59 Å². The zero-order valence-electron chi connectivity index (χ0n) is 13.1. The van der Waals surface area contributed by atoms with Crippen molar-refractivity contribution in [1.82, 2.24) is 19.7 Å². The van der Waals surface area contributed by atoms with Gasteiger partial charge >= 0.3 is 0 Å². The maximum absolute atomic E-state index is 12.1. The van der Waals surface area contributed by atoms with Crippen LogP contribution in [0.4, 0.5) is 5.13 Å². The minimum absolute atomic E-state index is 0.104. The number of hydrogen-bond donors (Lipinski definition) is 1. The van der Waals surface area contributed by atoms with E-state index in [0.29, 0.717) is 37.3 Å². The summed E-state index contributed by atoms with van der Waals surface area (Å²) in [6, 6.07) is 1.50. The highest BCUT2D eigenvalue weighted by Crippen LogP contribution is 2.16. The van der Waals surface area contributed by atoms with Crippen LogP contribution in [0.15, 0.2) is 17.6 Å². The van der Waals surface area contributed by atoms with Crippen LogP contribution in [0.3, 0.4) is 0 Å². The van der Waals surface area contributed by atoms with E-state index in [-0.39, 0.29) is 24.1 Å². The smallest absolute Gasteiger partial charge is 0.278 e. The number of morpholine rings is 1. The normalized spacial score (nSPS) is 14.5. The monoisotopic (exact) mass is 351 g/mol. The fourth-order valence-corrected chi connectivity index (χ4v) is 2.71. The number of rotatable bonds is 5. The van der Waals surface area contributed by atoms with Crippen molar-refractivity contribution in [3.63, 3.8) is 0 Å². The molecule has 3 rings (SSSR count). The number of nitrogens with zero attached hydrogens (tertiary/aromatic N) is 4. The van der Waals surface area contributed by atoms with E-state index in [4.69, 9.17) is 9.47 Å². The Morgan fingerprint density at radius 3 is 2.92 bits per heavy atom. The van der Waals surface area contributed by atoms with Gasteiger partial charge in [-0.25, -0.2) is 9.67 Å². The number of ether oxygens (including phenoxy) is 2. The highest BCUT2D eigenvalue weighted by atomic mass is 32.1. The molecule has 0 aromatic carbocycles. The molecule has 0 atom stereocenters. The van der Waals surface area contributed by atoms with Crippen molar-refractivity contribution >= 4 is 28.3 Å². The van der Waals surface area contributed by atoms with Gasteiger partial charge in [-0.3, -0.25) is 14.9 Å². The van der Waals surface area contributed by atoms with Gasteiger partial charge in [0.1, 0.15) is 0 Å².